The van der Waals surface area contributed by atoms with E-state index in [1.807, 2.05) is 0 Å². The maximum Gasteiger partial charge on any atom is 0.323 e. The molecule has 9 heteroatoms. The smallest absolute Gasteiger partial charge is 0.323 e. The summed E-state index contributed by atoms with van der Waals surface area (Å²) in [5.41, 5.74) is 0. The molecule has 0 saturated heterocycles. The van der Waals surface area contributed by atoms with Gasteiger partial charge >= 0.3 is 17.9 Å². The van der Waals surface area contributed by atoms with E-state index in [-0.39, 0.29) is 25.0 Å². The van der Waals surface area contributed by atoms with E-state index >= 15 is 0 Å². The highest BCUT2D eigenvalue weighted by Gasteiger charge is 2.15. The number of aliphatic hydroxyl groups is 1. The van der Waals surface area contributed by atoms with E-state index in [0.29, 0.717) is 13.0 Å². The largest absolute Gasteiger partial charge is 0.466 e. The lowest BCUT2D eigenvalue weighted by Gasteiger charge is -2.11. The van der Waals surface area contributed by atoms with E-state index in [0.717, 1.165) is 12.8 Å². The average molecular weight is 373 g/mol. The second-order valence-corrected chi connectivity index (χ2v) is 5.44. The molecular formula is C17H27NO8. The number of rotatable bonds is 10. The molecule has 0 bridgehead atoms. The van der Waals surface area contributed by atoms with Crippen molar-refractivity contribution in [3.63, 3.8) is 0 Å². The number of carbonyl (C=O) groups is 4. The Balaban J connectivity index is 0. The lowest BCUT2D eigenvalue weighted by Crippen LogP contribution is -2.26. The molecule has 148 valence electrons. The van der Waals surface area contributed by atoms with E-state index in [1.54, 1.807) is 13.0 Å². The molecule has 1 N–H and O–H groups in total. The van der Waals surface area contributed by atoms with E-state index in [9.17, 15) is 19.2 Å². The Morgan fingerprint density at radius 1 is 0.962 bits per heavy atom. The Kier molecular flexibility index (Phi) is 15.9. The summed E-state index contributed by atoms with van der Waals surface area (Å²) >= 11 is 0. The lowest BCUT2D eigenvalue weighted by molar-refractivity contribution is -0.152. The summed E-state index contributed by atoms with van der Waals surface area (Å²) in [6.07, 6.45) is 1.10. The second-order valence-electron chi connectivity index (χ2n) is 5.44. The van der Waals surface area contributed by atoms with Gasteiger partial charge in [-0.2, -0.15) is 5.26 Å². The summed E-state index contributed by atoms with van der Waals surface area (Å²) in [5.74, 6) is -2.17. The minimum Gasteiger partial charge on any atom is -0.466 e. The summed E-state index contributed by atoms with van der Waals surface area (Å²) in [6, 6.07) is 1.70. The summed E-state index contributed by atoms with van der Waals surface area (Å²) in [4.78, 5) is 42.0. The van der Waals surface area contributed by atoms with E-state index in [4.69, 9.17) is 10.4 Å². The molecule has 0 fully saturated rings. The Hall–Kier alpha value is -2.47. The highest BCUT2D eigenvalue weighted by molar-refractivity contribution is 5.75. The number of nitrogens with zero attached hydrogens (tertiary/aromatic N) is 1. The zero-order valence-corrected chi connectivity index (χ0v) is 15.6. The summed E-state index contributed by atoms with van der Waals surface area (Å²) in [7, 11) is 0. The lowest BCUT2D eigenvalue weighted by atomic mass is 10.2. The first-order valence-corrected chi connectivity index (χ1v) is 8.10. The number of hydrogen-bond donors (Lipinski definition) is 1. The van der Waals surface area contributed by atoms with E-state index in [1.165, 1.54) is 20.8 Å². The molecule has 26 heavy (non-hydrogen) atoms. The number of hydrogen-bond acceptors (Lipinski definition) is 9. The third kappa shape index (κ3) is 19.6. The zero-order valence-electron chi connectivity index (χ0n) is 15.6. The predicted molar refractivity (Wildman–Crippen MR) is 89.5 cm³/mol. The van der Waals surface area contributed by atoms with Gasteiger partial charge in [0.1, 0.15) is 31.0 Å². The summed E-state index contributed by atoms with van der Waals surface area (Å²) in [5, 5.41) is 17.5. The number of Topliss-reactive ketones (excluding diaryl/α,β-unsaturated/α-hetero) is 1. The molecule has 0 saturated carbocycles. The van der Waals surface area contributed by atoms with Gasteiger partial charge in [0.15, 0.2) is 0 Å². The molecule has 2 atom stereocenters. The number of ether oxygens (including phenoxy) is 3. The van der Waals surface area contributed by atoms with Crippen molar-refractivity contribution in [3.05, 3.63) is 0 Å². The van der Waals surface area contributed by atoms with Crippen LogP contribution in [0.4, 0.5) is 0 Å². The molecule has 0 spiro atoms. The predicted octanol–water partition coefficient (Wildman–Crippen LogP) is 0.922. The van der Waals surface area contributed by atoms with Crippen LogP contribution in [0.1, 0.15) is 47.0 Å². The molecule has 0 aromatic carbocycles. The Labute approximate surface area is 153 Å². The SMILES string of the molecule is CC(=O)CCCCOC(C)=O.CC(=O)OCC(O)COC(=O)C(C)C#N. The molecule has 0 aliphatic heterocycles. The molecular weight excluding hydrogens is 346 g/mol. The van der Waals surface area contributed by atoms with Crippen LogP contribution in [-0.2, 0) is 33.4 Å². The Bertz CT molecular complexity index is 481. The number of carbonyl (C=O) groups excluding carboxylic acids is 4. The summed E-state index contributed by atoms with van der Waals surface area (Å²) < 4.78 is 13.7. The van der Waals surface area contributed by atoms with Crippen molar-refractivity contribution >= 4 is 23.7 Å². The molecule has 0 aliphatic rings. The van der Waals surface area contributed by atoms with Crippen LogP contribution in [0.2, 0.25) is 0 Å². The van der Waals surface area contributed by atoms with Crippen LogP contribution in [0.15, 0.2) is 0 Å². The van der Waals surface area contributed by atoms with E-state index < -0.39 is 24.0 Å². The Morgan fingerprint density at radius 3 is 1.96 bits per heavy atom. The molecule has 0 amide bonds. The van der Waals surface area contributed by atoms with Crippen molar-refractivity contribution in [2.45, 2.75) is 53.1 Å². The normalized spacial score (nSPS) is 11.7. The van der Waals surface area contributed by atoms with Gasteiger partial charge in [-0.1, -0.05) is 0 Å². The molecule has 0 heterocycles. The third-order valence-electron chi connectivity index (χ3n) is 2.67. The van der Waals surface area contributed by atoms with E-state index in [2.05, 4.69) is 14.2 Å². The van der Waals surface area contributed by atoms with Gasteiger partial charge in [0.05, 0.1) is 12.7 Å². The minimum absolute atomic E-state index is 0.188. The van der Waals surface area contributed by atoms with Gasteiger partial charge in [0.2, 0.25) is 0 Å². The highest BCUT2D eigenvalue weighted by Crippen LogP contribution is 1.98. The Morgan fingerprint density at radius 2 is 1.50 bits per heavy atom. The maximum atomic E-state index is 11.0. The highest BCUT2D eigenvalue weighted by atomic mass is 16.6. The fraction of sp³-hybridized carbons (Fsp3) is 0.706. The second kappa shape index (κ2) is 16.0. The van der Waals surface area contributed by atoms with Crippen LogP contribution in [0.25, 0.3) is 0 Å². The van der Waals surface area contributed by atoms with Crippen LogP contribution in [-0.4, -0.2) is 54.7 Å². The van der Waals surface area contributed by atoms with Crippen molar-refractivity contribution in [2.24, 2.45) is 5.92 Å². The number of ketones is 1. The van der Waals surface area contributed by atoms with Gasteiger partial charge in [-0.25, -0.2) is 0 Å². The molecule has 0 aromatic heterocycles. The van der Waals surface area contributed by atoms with Crippen LogP contribution < -0.4 is 0 Å². The zero-order chi connectivity index (χ0) is 20.5. The van der Waals surface area contributed by atoms with Gasteiger partial charge in [0.25, 0.3) is 0 Å². The van der Waals surface area contributed by atoms with Crippen molar-refractivity contribution in [2.75, 3.05) is 19.8 Å². The standard InChI is InChI=1S/C9H13NO5.C8H14O3/c1-6(3-10)9(13)15-5-8(12)4-14-7(2)11;1-7(9)5-3-4-6-11-8(2)10/h6,8,12H,4-5H2,1-2H3;3-6H2,1-2H3. The molecule has 0 aromatic rings. The van der Waals surface area contributed by atoms with Crippen LogP contribution in [0.3, 0.4) is 0 Å². The van der Waals surface area contributed by atoms with Crippen molar-refractivity contribution in [1.82, 2.24) is 0 Å². The van der Waals surface area contributed by atoms with Crippen LogP contribution >= 0.6 is 0 Å². The molecule has 0 radical (unpaired) electrons. The van der Waals surface area contributed by atoms with Gasteiger partial charge in [0, 0.05) is 20.3 Å². The monoisotopic (exact) mass is 373 g/mol. The molecule has 0 rings (SSSR count). The van der Waals surface area contributed by atoms with Crippen molar-refractivity contribution in [3.8, 4) is 6.07 Å². The molecule has 2 unspecified atom stereocenters. The van der Waals surface area contributed by atoms with Crippen molar-refractivity contribution < 1.29 is 38.5 Å². The van der Waals surface area contributed by atoms with Crippen molar-refractivity contribution in [1.29, 1.82) is 5.26 Å². The third-order valence-corrected chi connectivity index (χ3v) is 2.67. The first-order valence-electron chi connectivity index (χ1n) is 8.10. The summed E-state index contributed by atoms with van der Waals surface area (Å²) in [6.45, 7) is 5.44. The van der Waals surface area contributed by atoms with Gasteiger partial charge in [-0.15, -0.1) is 0 Å². The average Bonchev–Trinajstić information content (AvgIpc) is 2.56. The molecule has 0 aliphatic carbocycles. The first kappa shape index (κ1) is 25.8. The number of unbranched alkanes of at least 4 members (excludes halogenated alkanes) is 1. The minimum atomic E-state index is -1.07. The van der Waals surface area contributed by atoms with Gasteiger partial charge < -0.3 is 24.1 Å². The van der Waals surface area contributed by atoms with Gasteiger partial charge in [-0.3, -0.25) is 14.4 Å². The van der Waals surface area contributed by atoms with Crippen LogP contribution in [0.5, 0.6) is 0 Å². The number of aliphatic hydroxyl groups excluding tert-OH is 1. The fourth-order valence-corrected chi connectivity index (χ4v) is 1.31. The topological polar surface area (TPSA) is 140 Å². The van der Waals surface area contributed by atoms with Gasteiger partial charge in [-0.05, 0) is 26.7 Å². The molecule has 9 nitrogen and oxygen atoms in total. The maximum absolute atomic E-state index is 11.0. The quantitative estimate of drug-likeness (QED) is 0.336. The first-order chi connectivity index (χ1) is 12.1. The van der Waals surface area contributed by atoms with Crippen LogP contribution in [0, 0.1) is 17.2 Å². The number of nitriles is 1. The number of esters is 3. The fourth-order valence-electron chi connectivity index (χ4n) is 1.31.